The van der Waals surface area contributed by atoms with Crippen LogP contribution < -0.4 is 16.0 Å². The van der Waals surface area contributed by atoms with Gasteiger partial charge in [0, 0.05) is 48.8 Å². The van der Waals surface area contributed by atoms with Crippen LogP contribution in [0.2, 0.25) is 5.02 Å². The summed E-state index contributed by atoms with van der Waals surface area (Å²) in [6.07, 6.45) is 3.00. The predicted octanol–water partition coefficient (Wildman–Crippen LogP) is 2.37. The number of nitrogens with one attached hydrogen (secondary N) is 1. The lowest BCUT2D eigenvalue weighted by molar-refractivity contribution is 0.233. The number of anilines is 1. The van der Waals surface area contributed by atoms with E-state index in [1.54, 1.807) is 11.0 Å². The van der Waals surface area contributed by atoms with Crippen LogP contribution in [0.3, 0.4) is 0 Å². The Morgan fingerprint density at radius 2 is 2.04 bits per heavy atom. The van der Waals surface area contributed by atoms with E-state index < -0.39 is 10.0 Å². The van der Waals surface area contributed by atoms with Gasteiger partial charge in [-0.3, -0.25) is 4.90 Å². The highest BCUT2D eigenvalue weighted by atomic mass is 35.5. The number of carbonyl (C=O) groups excluding carboxylic acids is 1. The second-order valence-corrected chi connectivity index (χ2v) is 9.33. The van der Waals surface area contributed by atoms with Gasteiger partial charge in [-0.05, 0) is 37.0 Å². The van der Waals surface area contributed by atoms with Crippen LogP contribution in [0.1, 0.15) is 24.8 Å². The Kier molecular flexibility index (Phi) is 8.18. The van der Waals surface area contributed by atoms with Gasteiger partial charge in [-0.15, -0.1) is 11.6 Å². The lowest BCUT2D eigenvalue weighted by atomic mass is 10.1. The average molecular weight is 437 g/mol. The Labute approximate surface area is 170 Å². The third-order valence-corrected chi connectivity index (χ3v) is 6.50. The summed E-state index contributed by atoms with van der Waals surface area (Å²) in [5.74, 6) is 0.436. The van der Waals surface area contributed by atoms with Crippen molar-refractivity contribution in [2.45, 2.75) is 31.8 Å². The van der Waals surface area contributed by atoms with E-state index in [4.69, 9.17) is 28.9 Å². The average Bonchev–Trinajstić information content (AvgIpc) is 2.62. The van der Waals surface area contributed by atoms with Crippen LogP contribution in [0.25, 0.3) is 0 Å². The number of carbonyl (C=O) groups is 1. The number of alkyl halides is 1. The van der Waals surface area contributed by atoms with Gasteiger partial charge in [-0.25, -0.2) is 17.5 Å². The van der Waals surface area contributed by atoms with Gasteiger partial charge in [0.15, 0.2) is 0 Å². The lowest BCUT2D eigenvalue weighted by Gasteiger charge is -2.32. The molecule has 7 nitrogen and oxygen atoms in total. The van der Waals surface area contributed by atoms with E-state index >= 15 is 0 Å². The van der Waals surface area contributed by atoms with Crippen LogP contribution in [0, 0.1) is 0 Å². The molecule has 0 aliphatic carbocycles. The molecule has 1 heterocycles. The highest BCUT2D eigenvalue weighted by molar-refractivity contribution is 7.88. The highest BCUT2D eigenvalue weighted by Gasteiger charge is 2.27. The minimum Gasteiger partial charge on any atom is -0.335 e. The molecular weight excluding hydrogens is 411 g/mol. The molecule has 1 saturated heterocycles. The Morgan fingerprint density at radius 1 is 1.37 bits per heavy atom. The quantitative estimate of drug-likeness (QED) is 0.641. The first-order valence-corrected chi connectivity index (χ1v) is 11.6. The van der Waals surface area contributed by atoms with Gasteiger partial charge in [0.05, 0.1) is 6.26 Å². The zero-order valence-corrected chi connectivity index (χ0v) is 17.7. The molecule has 0 radical (unpaired) electrons. The fourth-order valence-electron chi connectivity index (χ4n) is 3.02. The maximum absolute atomic E-state index is 12.8. The number of amides is 2. The lowest BCUT2D eigenvalue weighted by Crippen LogP contribution is -2.50. The molecule has 1 aliphatic rings. The minimum absolute atomic E-state index is 0.0761. The molecule has 0 atom stereocenters. The number of urea groups is 1. The molecule has 1 aliphatic heterocycles. The number of nitrogens with zero attached hydrogens (tertiary/aromatic N) is 2. The minimum atomic E-state index is -3.19. The topological polar surface area (TPSA) is 95.7 Å². The number of halogens is 2. The number of piperidine rings is 1. The number of benzene rings is 1. The third-order valence-electron chi connectivity index (χ3n) is 4.58. The molecule has 0 bridgehead atoms. The van der Waals surface area contributed by atoms with E-state index in [9.17, 15) is 13.2 Å². The summed E-state index contributed by atoms with van der Waals surface area (Å²) in [6.45, 7) is 1.59. The maximum Gasteiger partial charge on any atom is 0.322 e. The monoisotopic (exact) mass is 436 g/mol. The summed E-state index contributed by atoms with van der Waals surface area (Å²) in [5.41, 5.74) is 7.13. The van der Waals surface area contributed by atoms with Gasteiger partial charge >= 0.3 is 6.03 Å². The van der Waals surface area contributed by atoms with Crippen LogP contribution >= 0.6 is 23.2 Å². The molecule has 10 heteroatoms. The summed E-state index contributed by atoms with van der Waals surface area (Å²) in [7, 11) is -3.19. The Hall–Kier alpha value is -1.06. The van der Waals surface area contributed by atoms with Crippen molar-refractivity contribution in [2.75, 3.05) is 36.7 Å². The first-order valence-electron chi connectivity index (χ1n) is 8.84. The number of hydrogen-bond donors (Lipinski definition) is 2. The molecule has 2 rings (SSSR count). The van der Waals surface area contributed by atoms with Crippen molar-refractivity contribution in [3.63, 3.8) is 0 Å². The van der Waals surface area contributed by atoms with Crippen molar-refractivity contribution in [3.8, 4) is 0 Å². The van der Waals surface area contributed by atoms with Gasteiger partial charge in [0.1, 0.15) is 0 Å². The largest absolute Gasteiger partial charge is 0.335 e. The van der Waals surface area contributed by atoms with E-state index in [0.717, 1.165) is 5.56 Å². The number of sulfonamides is 1. The second kappa shape index (κ2) is 9.93. The maximum atomic E-state index is 12.8. The van der Waals surface area contributed by atoms with Crippen LogP contribution in [0.5, 0.6) is 0 Å². The molecule has 3 N–H and O–H groups in total. The standard InChI is InChI=1S/C17H26Cl2N4O3S/c1-27(25,26)22-9-5-14(6-10-22)21-17(24)23(8-2-7-18)15-4-3-13(12-20)16(19)11-15/h3-4,11,14H,2,5-10,12,20H2,1H3,(H,21,24). The van der Waals surface area contributed by atoms with Crippen molar-refractivity contribution in [1.82, 2.24) is 9.62 Å². The van der Waals surface area contributed by atoms with Crippen molar-refractivity contribution >= 4 is 44.9 Å². The van der Waals surface area contributed by atoms with Gasteiger partial charge in [0.2, 0.25) is 10.0 Å². The van der Waals surface area contributed by atoms with E-state index in [-0.39, 0.29) is 12.1 Å². The summed E-state index contributed by atoms with van der Waals surface area (Å²) < 4.78 is 24.7. The first-order chi connectivity index (χ1) is 12.8. The summed E-state index contributed by atoms with van der Waals surface area (Å²) in [6, 6.07) is 5.03. The van der Waals surface area contributed by atoms with Crippen LogP contribution in [0.15, 0.2) is 18.2 Å². The van der Waals surface area contributed by atoms with Gasteiger partial charge < -0.3 is 11.1 Å². The van der Waals surface area contributed by atoms with Crippen molar-refractivity contribution in [2.24, 2.45) is 5.73 Å². The zero-order chi connectivity index (χ0) is 20.0. The van der Waals surface area contributed by atoms with E-state index in [1.807, 2.05) is 12.1 Å². The Morgan fingerprint density at radius 3 is 2.56 bits per heavy atom. The zero-order valence-electron chi connectivity index (χ0n) is 15.3. The number of hydrogen-bond acceptors (Lipinski definition) is 4. The van der Waals surface area contributed by atoms with Crippen LogP contribution in [0.4, 0.5) is 10.5 Å². The number of nitrogens with two attached hydrogens (primary N) is 1. The second-order valence-electron chi connectivity index (χ2n) is 6.56. The summed E-state index contributed by atoms with van der Waals surface area (Å²) in [4.78, 5) is 14.4. The molecule has 152 valence electrons. The fourth-order valence-corrected chi connectivity index (χ4v) is 4.27. The molecule has 0 saturated carbocycles. The van der Waals surface area contributed by atoms with Gasteiger partial charge in [-0.2, -0.15) is 0 Å². The van der Waals surface area contributed by atoms with Gasteiger partial charge in [0.25, 0.3) is 0 Å². The molecular formula is C17H26Cl2N4O3S. The molecule has 2 amide bonds. The molecule has 0 unspecified atom stereocenters. The fraction of sp³-hybridized carbons (Fsp3) is 0.588. The predicted molar refractivity (Wildman–Crippen MR) is 110 cm³/mol. The third kappa shape index (κ3) is 6.22. The highest BCUT2D eigenvalue weighted by Crippen LogP contribution is 2.24. The Balaban J connectivity index is 2.06. The SMILES string of the molecule is CS(=O)(=O)N1CCC(NC(=O)N(CCCCl)c2ccc(CN)c(Cl)c2)CC1. The molecule has 0 spiro atoms. The molecule has 0 aromatic heterocycles. The molecule has 1 aromatic carbocycles. The van der Waals surface area contributed by atoms with E-state index in [1.165, 1.54) is 10.6 Å². The van der Waals surface area contributed by atoms with E-state index in [2.05, 4.69) is 5.32 Å². The van der Waals surface area contributed by atoms with E-state index in [0.29, 0.717) is 62.0 Å². The number of rotatable bonds is 7. The van der Waals surface area contributed by atoms with Crippen LogP contribution in [-0.4, -0.2) is 56.6 Å². The summed E-state index contributed by atoms with van der Waals surface area (Å²) in [5, 5.41) is 3.52. The van der Waals surface area contributed by atoms with Gasteiger partial charge in [-0.1, -0.05) is 17.7 Å². The smallest absolute Gasteiger partial charge is 0.322 e. The van der Waals surface area contributed by atoms with Crippen molar-refractivity contribution in [1.29, 1.82) is 0 Å². The molecule has 1 fully saturated rings. The van der Waals surface area contributed by atoms with Crippen LogP contribution in [-0.2, 0) is 16.6 Å². The van der Waals surface area contributed by atoms with Crippen molar-refractivity contribution in [3.05, 3.63) is 28.8 Å². The normalized spacial score (nSPS) is 16.3. The first kappa shape index (κ1) is 22.2. The van der Waals surface area contributed by atoms with Crippen molar-refractivity contribution < 1.29 is 13.2 Å². The molecule has 1 aromatic rings. The Bertz CT molecular complexity index is 753. The summed E-state index contributed by atoms with van der Waals surface area (Å²) >= 11 is 12.0. The molecule has 27 heavy (non-hydrogen) atoms.